The normalized spacial score (nSPS) is 17.7. The van der Waals surface area contributed by atoms with Crippen LogP contribution in [0.3, 0.4) is 0 Å². The number of pyridine rings is 1. The second-order valence-electron chi connectivity index (χ2n) is 6.33. The third-order valence-corrected chi connectivity index (χ3v) is 5.80. The first-order valence-corrected chi connectivity index (χ1v) is 8.97. The number of thioether (sulfide) groups is 2. The molecular weight excluding hydrogens is 270 g/mol. The van der Waals surface area contributed by atoms with Gasteiger partial charge in [0.15, 0.2) is 0 Å². The zero-order valence-corrected chi connectivity index (χ0v) is 14.2. The fourth-order valence-corrected chi connectivity index (χ4v) is 4.62. The van der Waals surface area contributed by atoms with Gasteiger partial charge in [-0.3, -0.25) is 0 Å². The zero-order valence-electron chi connectivity index (χ0n) is 12.5. The van der Waals surface area contributed by atoms with Gasteiger partial charge in [-0.25, -0.2) is 4.98 Å². The second-order valence-corrected chi connectivity index (χ2v) is 9.51. The largest absolute Gasteiger partial charge is 0.246 e. The number of aryl methyl sites for hydroxylation is 1. The molecule has 0 N–H and O–H groups in total. The molecule has 0 amide bonds. The Morgan fingerprint density at radius 1 is 1.11 bits per heavy atom. The van der Waals surface area contributed by atoms with Crippen molar-refractivity contribution in [1.82, 2.24) is 4.98 Å². The average molecular weight is 296 g/mol. The minimum Gasteiger partial charge on any atom is -0.246 e. The molecular formula is C16H25NS2. The molecule has 0 atom stereocenters. The van der Waals surface area contributed by atoms with Crippen LogP contribution in [0.5, 0.6) is 0 Å². The standard InChI is InChI=1S/C16H25NS2/c1-12-14(19-16(2,3)4)10-11-15(17-12)18-13-8-6-5-7-9-13/h10-11,13H,5-9H2,1-4H3. The molecule has 1 heterocycles. The SMILES string of the molecule is Cc1nc(SC2CCCCC2)ccc1SC(C)(C)C. The summed E-state index contributed by atoms with van der Waals surface area (Å²) in [6.07, 6.45) is 6.95. The summed E-state index contributed by atoms with van der Waals surface area (Å²) in [6.45, 7) is 8.89. The van der Waals surface area contributed by atoms with E-state index in [9.17, 15) is 0 Å². The van der Waals surface area contributed by atoms with E-state index in [0.29, 0.717) is 0 Å². The number of hydrogen-bond acceptors (Lipinski definition) is 3. The van der Waals surface area contributed by atoms with E-state index in [-0.39, 0.29) is 4.75 Å². The highest BCUT2D eigenvalue weighted by atomic mass is 32.2. The number of hydrogen-bond donors (Lipinski definition) is 0. The lowest BCUT2D eigenvalue weighted by molar-refractivity contribution is 0.515. The van der Waals surface area contributed by atoms with E-state index in [2.05, 4.69) is 39.8 Å². The maximum absolute atomic E-state index is 4.79. The first-order chi connectivity index (χ1) is 8.94. The number of aromatic nitrogens is 1. The molecule has 0 spiro atoms. The number of rotatable bonds is 3. The lowest BCUT2D eigenvalue weighted by Gasteiger charge is -2.21. The Hall–Kier alpha value is -0.150. The average Bonchev–Trinajstić information content (AvgIpc) is 2.33. The molecule has 1 aliphatic carbocycles. The maximum atomic E-state index is 4.79. The van der Waals surface area contributed by atoms with Crippen molar-refractivity contribution in [1.29, 1.82) is 0 Å². The summed E-state index contributed by atoms with van der Waals surface area (Å²) in [4.78, 5) is 6.11. The predicted molar refractivity (Wildman–Crippen MR) is 87.3 cm³/mol. The van der Waals surface area contributed by atoms with Crippen LogP contribution >= 0.6 is 23.5 Å². The van der Waals surface area contributed by atoms with Crippen LogP contribution in [0.15, 0.2) is 22.1 Å². The summed E-state index contributed by atoms with van der Waals surface area (Å²) in [7, 11) is 0. The van der Waals surface area contributed by atoms with E-state index < -0.39 is 0 Å². The maximum Gasteiger partial charge on any atom is 0.0966 e. The van der Waals surface area contributed by atoms with Crippen LogP contribution in [0, 0.1) is 6.92 Å². The summed E-state index contributed by atoms with van der Waals surface area (Å²) in [5.41, 5.74) is 1.18. The minimum atomic E-state index is 0.254. The first kappa shape index (κ1) is 15.2. The van der Waals surface area contributed by atoms with E-state index in [1.54, 1.807) is 0 Å². The van der Waals surface area contributed by atoms with Gasteiger partial charge < -0.3 is 0 Å². The molecule has 1 aromatic rings. The molecule has 1 fully saturated rings. The molecule has 0 aliphatic heterocycles. The highest BCUT2D eigenvalue weighted by molar-refractivity contribution is 8.00. The van der Waals surface area contributed by atoms with Crippen molar-refractivity contribution in [2.75, 3.05) is 0 Å². The van der Waals surface area contributed by atoms with Crippen molar-refractivity contribution in [3.63, 3.8) is 0 Å². The molecule has 0 unspecified atom stereocenters. The van der Waals surface area contributed by atoms with Crippen LogP contribution in [-0.4, -0.2) is 15.0 Å². The first-order valence-electron chi connectivity index (χ1n) is 7.27. The van der Waals surface area contributed by atoms with Crippen LogP contribution in [0.1, 0.15) is 58.6 Å². The van der Waals surface area contributed by atoms with Gasteiger partial charge in [0.25, 0.3) is 0 Å². The Balaban J connectivity index is 2.01. The van der Waals surface area contributed by atoms with Crippen LogP contribution in [0.25, 0.3) is 0 Å². The third kappa shape index (κ3) is 5.03. The Kier molecular flexibility index (Phi) is 5.24. The topological polar surface area (TPSA) is 12.9 Å². The zero-order chi connectivity index (χ0) is 13.9. The lowest BCUT2D eigenvalue weighted by atomic mass is 10.0. The van der Waals surface area contributed by atoms with Crippen molar-refractivity contribution < 1.29 is 0 Å². The van der Waals surface area contributed by atoms with E-state index in [1.807, 2.05) is 23.5 Å². The van der Waals surface area contributed by atoms with Crippen molar-refractivity contribution >= 4 is 23.5 Å². The predicted octanol–water partition coefficient (Wildman–Crippen LogP) is 5.71. The number of nitrogens with zero attached hydrogens (tertiary/aromatic N) is 1. The summed E-state index contributed by atoms with van der Waals surface area (Å²) in [5.74, 6) is 0. The van der Waals surface area contributed by atoms with Crippen LogP contribution in [0.2, 0.25) is 0 Å². The summed E-state index contributed by atoms with van der Waals surface area (Å²) >= 11 is 3.90. The molecule has 0 bridgehead atoms. The quantitative estimate of drug-likeness (QED) is 0.663. The Morgan fingerprint density at radius 2 is 1.79 bits per heavy atom. The fraction of sp³-hybridized carbons (Fsp3) is 0.688. The van der Waals surface area contributed by atoms with Gasteiger partial charge in [0.1, 0.15) is 0 Å². The summed E-state index contributed by atoms with van der Waals surface area (Å²) < 4.78 is 0.254. The van der Waals surface area contributed by atoms with Gasteiger partial charge in [-0.05, 0) is 31.9 Å². The Labute approximate surface area is 126 Å². The minimum absolute atomic E-state index is 0.254. The van der Waals surface area contributed by atoms with E-state index in [0.717, 1.165) is 5.25 Å². The van der Waals surface area contributed by atoms with Crippen LogP contribution < -0.4 is 0 Å². The molecule has 0 aromatic carbocycles. The van der Waals surface area contributed by atoms with Gasteiger partial charge in [0.2, 0.25) is 0 Å². The fourth-order valence-electron chi connectivity index (χ4n) is 2.38. The molecule has 19 heavy (non-hydrogen) atoms. The highest BCUT2D eigenvalue weighted by Gasteiger charge is 2.17. The smallest absolute Gasteiger partial charge is 0.0966 e. The molecule has 1 nitrogen and oxygen atoms in total. The van der Waals surface area contributed by atoms with Gasteiger partial charge >= 0.3 is 0 Å². The monoisotopic (exact) mass is 295 g/mol. The molecule has 2 rings (SSSR count). The molecule has 0 radical (unpaired) electrons. The molecule has 3 heteroatoms. The van der Waals surface area contributed by atoms with E-state index in [4.69, 9.17) is 4.98 Å². The van der Waals surface area contributed by atoms with Gasteiger partial charge in [0, 0.05) is 14.9 Å². The van der Waals surface area contributed by atoms with Gasteiger partial charge in [0.05, 0.1) is 10.7 Å². The van der Waals surface area contributed by atoms with Gasteiger partial charge in [-0.2, -0.15) is 0 Å². The van der Waals surface area contributed by atoms with Gasteiger partial charge in [-0.15, -0.1) is 23.5 Å². The van der Waals surface area contributed by atoms with Crippen molar-refractivity contribution in [2.24, 2.45) is 0 Å². The summed E-state index contributed by atoms with van der Waals surface area (Å²) in [6, 6.07) is 4.46. The Bertz CT molecular complexity index is 417. The van der Waals surface area contributed by atoms with E-state index in [1.165, 1.54) is 47.7 Å². The van der Waals surface area contributed by atoms with E-state index >= 15 is 0 Å². The highest BCUT2D eigenvalue weighted by Crippen LogP contribution is 2.36. The molecule has 0 saturated heterocycles. The van der Waals surface area contributed by atoms with Crippen LogP contribution in [0.4, 0.5) is 0 Å². The van der Waals surface area contributed by atoms with Crippen molar-refractivity contribution in [3.05, 3.63) is 17.8 Å². The summed E-state index contributed by atoms with van der Waals surface area (Å²) in [5, 5.41) is 2.00. The molecule has 1 aliphatic rings. The lowest BCUT2D eigenvalue weighted by Crippen LogP contribution is -2.09. The third-order valence-electron chi connectivity index (χ3n) is 3.27. The molecule has 1 saturated carbocycles. The molecule has 1 aromatic heterocycles. The van der Waals surface area contributed by atoms with Crippen molar-refractivity contribution in [2.45, 2.75) is 79.7 Å². The molecule has 106 valence electrons. The van der Waals surface area contributed by atoms with Gasteiger partial charge in [-0.1, -0.05) is 40.0 Å². The second kappa shape index (κ2) is 6.53. The van der Waals surface area contributed by atoms with Crippen LogP contribution in [-0.2, 0) is 0 Å². The van der Waals surface area contributed by atoms with Crippen molar-refractivity contribution in [3.8, 4) is 0 Å². The Morgan fingerprint density at radius 3 is 2.37 bits per heavy atom.